The summed E-state index contributed by atoms with van der Waals surface area (Å²) in [5.41, 5.74) is 0.167. The summed E-state index contributed by atoms with van der Waals surface area (Å²) in [5.74, 6) is 0.646. The number of ether oxygens (including phenoxy) is 1. The van der Waals surface area contributed by atoms with Crippen molar-refractivity contribution in [2.24, 2.45) is 0 Å². The van der Waals surface area contributed by atoms with E-state index < -0.39 is 0 Å². The highest BCUT2D eigenvalue weighted by molar-refractivity contribution is 5.50. The number of hydrogen-bond acceptors (Lipinski definition) is 6. The van der Waals surface area contributed by atoms with Crippen LogP contribution in [0, 0.1) is 0 Å². The molecule has 0 unspecified atom stereocenters. The van der Waals surface area contributed by atoms with E-state index in [1.165, 1.54) is 10.7 Å². The highest BCUT2D eigenvalue weighted by atomic mass is 16.5. The van der Waals surface area contributed by atoms with Crippen molar-refractivity contribution in [2.75, 3.05) is 38.3 Å². The van der Waals surface area contributed by atoms with Crippen molar-refractivity contribution in [3.63, 3.8) is 0 Å². The molecule has 0 aliphatic carbocycles. The first-order chi connectivity index (χ1) is 8.76. The standard InChI is InChI=1S/C10H15N5O3/c1-18-5-3-14(2-4-16)8-6-9-12-13-10(17)15(9)7-11-8/h6-7,16H,2-5H2,1H3,(H,13,17). The van der Waals surface area contributed by atoms with E-state index in [9.17, 15) is 4.79 Å². The molecule has 0 bridgehead atoms. The maximum atomic E-state index is 11.3. The third-order valence-electron chi connectivity index (χ3n) is 2.55. The normalized spacial score (nSPS) is 11.0. The summed E-state index contributed by atoms with van der Waals surface area (Å²) >= 11 is 0. The Bertz CT molecular complexity index is 564. The minimum Gasteiger partial charge on any atom is -0.395 e. The van der Waals surface area contributed by atoms with Crippen LogP contribution in [0.4, 0.5) is 5.82 Å². The lowest BCUT2D eigenvalue weighted by Gasteiger charge is -2.22. The fourth-order valence-corrected chi connectivity index (χ4v) is 1.64. The van der Waals surface area contributed by atoms with Gasteiger partial charge in [0.1, 0.15) is 12.1 Å². The zero-order chi connectivity index (χ0) is 13.0. The van der Waals surface area contributed by atoms with Gasteiger partial charge in [0, 0.05) is 26.3 Å². The first-order valence-electron chi connectivity index (χ1n) is 5.54. The van der Waals surface area contributed by atoms with Crippen LogP contribution in [0.2, 0.25) is 0 Å². The van der Waals surface area contributed by atoms with Crippen LogP contribution in [0.3, 0.4) is 0 Å². The van der Waals surface area contributed by atoms with Crippen molar-refractivity contribution in [2.45, 2.75) is 0 Å². The van der Waals surface area contributed by atoms with Gasteiger partial charge in [0.25, 0.3) is 0 Å². The van der Waals surface area contributed by atoms with Gasteiger partial charge in [-0.25, -0.2) is 19.3 Å². The fraction of sp³-hybridized carbons (Fsp3) is 0.500. The monoisotopic (exact) mass is 253 g/mol. The Balaban J connectivity index is 2.28. The number of nitrogens with zero attached hydrogens (tertiary/aromatic N) is 4. The number of H-pyrrole nitrogens is 1. The lowest BCUT2D eigenvalue weighted by atomic mass is 10.4. The molecule has 98 valence electrons. The summed E-state index contributed by atoms with van der Waals surface area (Å²) in [6.07, 6.45) is 1.41. The van der Waals surface area contributed by atoms with Crippen LogP contribution >= 0.6 is 0 Å². The second-order valence-electron chi connectivity index (χ2n) is 3.71. The minimum atomic E-state index is -0.324. The summed E-state index contributed by atoms with van der Waals surface area (Å²) in [6, 6.07) is 1.68. The fourth-order valence-electron chi connectivity index (χ4n) is 1.64. The number of anilines is 1. The van der Waals surface area contributed by atoms with Crippen molar-refractivity contribution in [1.29, 1.82) is 0 Å². The zero-order valence-corrected chi connectivity index (χ0v) is 10.0. The van der Waals surface area contributed by atoms with Crippen LogP contribution in [-0.4, -0.2) is 58.1 Å². The molecule has 2 aromatic rings. The number of aliphatic hydroxyl groups excluding tert-OH is 1. The minimum absolute atomic E-state index is 0.0178. The Kier molecular flexibility index (Phi) is 3.90. The number of fused-ring (bicyclic) bond motifs is 1. The molecule has 0 aliphatic heterocycles. The van der Waals surface area contributed by atoms with Gasteiger partial charge in [-0.1, -0.05) is 0 Å². The average molecular weight is 253 g/mol. The van der Waals surface area contributed by atoms with E-state index in [4.69, 9.17) is 9.84 Å². The molecule has 2 aromatic heterocycles. The van der Waals surface area contributed by atoms with Crippen molar-refractivity contribution in [1.82, 2.24) is 19.6 Å². The average Bonchev–Trinajstić information content (AvgIpc) is 2.76. The summed E-state index contributed by atoms with van der Waals surface area (Å²) in [5, 5.41) is 15.2. The number of aliphatic hydroxyl groups is 1. The van der Waals surface area contributed by atoms with Crippen LogP contribution in [0.1, 0.15) is 0 Å². The van der Waals surface area contributed by atoms with Gasteiger partial charge < -0.3 is 14.7 Å². The van der Waals surface area contributed by atoms with E-state index in [-0.39, 0.29) is 12.3 Å². The summed E-state index contributed by atoms with van der Waals surface area (Å²) in [7, 11) is 1.61. The predicted molar refractivity (Wildman–Crippen MR) is 64.8 cm³/mol. The second-order valence-corrected chi connectivity index (χ2v) is 3.71. The van der Waals surface area contributed by atoms with E-state index in [2.05, 4.69) is 15.2 Å². The number of aromatic nitrogens is 4. The maximum Gasteiger partial charge on any atom is 0.348 e. The molecule has 8 nitrogen and oxygen atoms in total. The molecule has 2 heterocycles. The van der Waals surface area contributed by atoms with E-state index in [0.717, 1.165) is 0 Å². The zero-order valence-electron chi connectivity index (χ0n) is 10.0. The van der Waals surface area contributed by atoms with Crippen molar-refractivity contribution in [3.8, 4) is 0 Å². The van der Waals surface area contributed by atoms with Gasteiger partial charge in [0.2, 0.25) is 0 Å². The van der Waals surface area contributed by atoms with Gasteiger partial charge in [-0.05, 0) is 0 Å². The molecule has 18 heavy (non-hydrogen) atoms. The highest BCUT2D eigenvalue weighted by Gasteiger charge is 2.09. The molecule has 0 radical (unpaired) electrons. The van der Waals surface area contributed by atoms with Crippen molar-refractivity contribution in [3.05, 3.63) is 22.9 Å². The lowest BCUT2D eigenvalue weighted by molar-refractivity contribution is 0.202. The lowest BCUT2D eigenvalue weighted by Crippen LogP contribution is -2.31. The SMILES string of the molecule is COCCN(CCO)c1cc2n[nH]c(=O)n2cn1. The molecule has 0 spiro atoms. The van der Waals surface area contributed by atoms with Gasteiger partial charge in [0.15, 0.2) is 5.65 Å². The topological polar surface area (TPSA) is 95.8 Å². The summed E-state index contributed by atoms with van der Waals surface area (Å²) in [4.78, 5) is 17.3. The van der Waals surface area contributed by atoms with Gasteiger partial charge in [-0.15, -0.1) is 0 Å². The Morgan fingerprint density at radius 3 is 3.11 bits per heavy atom. The Hall–Kier alpha value is -1.93. The molecular weight excluding hydrogens is 238 g/mol. The van der Waals surface area contributed by atoms with Gasteiger partial charge in [0.05, 0.1) is 13.2 Å². The molecule has 0 aromatic carbocycles. The van der Waals surface area contributed by atoms with Gasteiger partial charge in [-0.2, -0.15) is 5.10 Å². The predicted octanol–water partition coefficient (Wildman–Crippen LogP) is -1.14. The maximum absolute atomic E-state index is 11.3. The highest BCUT2D eigenvalue weighted by Crippen LogP contribution is 2.10. The first-order valence-corrected chi connectivity index (χ1v) is 5.54. The van der Waals surface area contributed by atoms with Crippen LogP contribution in [-0.2, 0) is 4.74 Å². The quantitative estimate of drug-likeness (QED) is 0.676. The van der Waals surface area contributed by atoms with Crippen molar-refractivity contribution < 1.29 is 9.84 Å². The molecule has 2 rings (SSSR count). The van der Waals surface area contributed by atoms with E-state index in [0.29, 0.717) is 31.2 Å². The molecule has 0 amide bonds. The third-order valence-corrected chi connectivity index (χ3v) is 2.55. The van der Waals surface area contributed by atoms with Crippen LogP contribution in [0.5, 0.6) is 0 Å². The molecule has 0 saturated heterocycles. The van der Waals surface area contributed by atoms with Crippen LogP contribution < -0.4 is 10.6 Å². The molecule has 0 fully saturated rings. The Labute approximate surface area is 103 Å². The van der Waals surface area contributed by atoms with Crippen LogP contribution in [0.25, 0.3) is 5.65 Å². The first kappa shape index (κ1) is 12.5. The number of aromatic amines is 1. The number of methoxy groups -OCH3 is 1. The molecule has 0 saturated carbocycles. The van der Waals surface area contributed by atoms with E-state index in [1.807, 2.05) is 4.90 Å². The van der Waals surface area contributed by atoms with Crippen LogP contribution in [0.15, 0.2) is 17.2 Å². The Morgan fingerprint density at radius 2 is 2.39 bits per heavy atom. The summed E-state index contributed by atoms with van der Waals surface area (Å²) in [6.45, 7) is 1.60. The van der Waals surface area contributed by atoms with E-state index in [1.54, 1.807) is 13.2 Å². The smallest absolute Gasteiger partial charge is 0.348 e. The number of nitrogens with one attached hydrogen (secondary N) is 1. The largest absolute Gasteiger partial charge is 0.395 e. The second kappa shape index (κ2) is 5.61. The van der Waals surface area contributed by atoms with Crippen molar-refractivity contribution >= 4 is 11.5 Å². The third kappa shape index (κ3) is 2.49. The summed E-state index contributed by atoms with van der Waals surface area (Å²) < 4.78 is 6.32. The molecular formula is C10H15N5O3. The number of hydrogen-bond donors (Lipinski definition) is 2. The van der Waals surface area contributed by atoms with Gasteiger partial charge in [-0.3, -0.25) is 0 Å². The molecule has 2 N–H and O–H groups in total. The Morgan fingerprint density at radius 1 is 1.56 bits per heavy atom. The molecule has 0 aliphatic rings. The van der Waals surface area contributed by atoms with E-state index >= 15 is 0 Å². The van der Waals surface area contributed by atoms with Gasteiger partial charge >= 0.3 is 5.69 Å². The number of rotatable bonds is 6. The molecule has 8 heteroatoms. The molecule has 0 atom stereocenters.